The Morgan fingerprint density at radius 1 is 1.27 bits per heavy atom. The molecule has 0 radical (unpaired) electrons. The fraction of sp³-hybridized carbons (Fsp3) is 0.312. The number of halogens is 1. The van der Waals surface area contributed by atoms with Crippen molar-refractivity contribution >= 4 is 23.4 Å². The van der Waals surface area contributed by atoms with E-state index < -0.39 is 5.97 Å². The average Bonchev–Trinajstić information content (AvgIpc) is 2.87. The molecule has 22 heavy (non-hydrogen) atoms. The molecule has 1 heterocycles. The molecule has 5 nitrogen and oxygen atoms in total. The molecule has 0 N–H and O–H groups in total. The van der Waals surface area contributed by atoms with Crippen LogP contribution in [0.2, 0.25) is 5.02 Å². The van der Waals surface area contributed by atoms with Crippen molar-refractivity contribution in [3.63, 3.8) is 0 Å². The van der Waals surface area contributed by atoms with Crippen molar-refractivity contribution in [1.82, 2.24) is 5.16 Å². The van der Waals surface area contributed by atoms with Gasteiger partial charge in [-0.25, -0.2) is 4.79 Å². The third-order valence-electron chi connectivity index (χ3n) is 3.12. The van der Waals surface area contributed by atoms with Crippen molar-refractivity contribution in [3.05, 3.63) is 51.9 Å². The number of aryl methyl sites for hydroxylation is 1. The Kier molecular flexibility index (Phi) is 4.98. The normalized spacial score (nSPS) is 10.8. The van der Waals surface area contributed by atoms with E-state index in [0.29, 0.717) is 27.6 Å². The molecule has 0 amide bonds. The van der Waals surface area contributed by atoms with Gasteiger partial charge in [0, 0.05) is 16.5 Å². The van der Waals surface area contributed by atoms with E-state index in [4.69, 9.17) is 20.9 Å². The van der Waals surface area contributed by atoms with Gasteiger partial charge in [0.25, 0.3) is 0 Å². The van der Waals surface area contributed by atoms with Gasteiger partial charge in [-0.1, -0.05) is 30.6 Å². The van der Waals surface area contributed by atoms with E-state index in [-0.39, 0.29) is 18.3 Å². The molecule has 0 saturated heterocycles. The Labute approximate surface area is 133 Å². The Hall–Kier alpha value is -2.14. The van der Waals surface area contributed by atoms with Crippen LogP contribution in [0.3, 0.4) is 0 Å². The number of hydrogen-bond acceptors (Lipinski definition) is 5. The maximum atomic E-state index is 12.1. The van der Waals surface area contributed by atoms with E-state index in [0.717, 1.165) is 0 Å². The highest BCUT2D eigenvalue weighted by atomic mass is 35.5. The van der Waals surface area contributed by atoms with Gasteiger partial charge in [0.1, 0.15) is 5.56 Å². The Bertz CT molecular complexity index is 689. The highest BCUT2D eigenvalue weighted by molar-refractivity contribution is 6.30. The van der Waals surface area contributed by atoms with Gasteiger partial charge in [-0.3, -0.25) is 4.79 Å². The smallest absolute Gasteiger partial charge is 0.344 e. The number of rotatable bonds is 5. The second-order valence-electron chi connectivity index (χ2n) is 5.17. The van der Waals surface area contributed by atoms with Gasteiger partial charge in [0.15, 0.2) is 18.2 Å². The molecular weight excluding hydrogens is 306 g/mol. The maximum absolute atomic E-state index is 12.1. The summed E-state index contributed by atoms with van der Waals surface area (Å²) >= 11 is 5.76. The maximum Gasteiger partial charge on any atom is 0.344 e. The number of benzene rings is 1. The summed E-state index contributed by atoms with van der Waals surface area (Å²) in [6, 6.07) is 6.39. The predicted molar refractivity (Wildman–Crippen MR) is 81.4 cm³/mol. The number of ether oxygens (including phenoxy) is 1. The zero-order valence-electron chi connectivity index (χ0n) is 12.6. The first-order chi connectivity index (χ1) is 10.4. The van der Waals surface area contributed by atoms with Gasteiger partial charge in [0.05, 0.1) is 5.69 Å². The van der Waals surface area contributed by atoms with Gasteiger partial charge in [0.2, 0.25) is 0 Å². The molecule has 2 rings (SSSR count). The zero-order chi connectivity index (χ0) is 16.3. The van der Waals surface area contributed by atoms with Crippen molar-refractivity contribution < 1.29 is 18.8 Å². The van der Waals surface area contributed by atoms with E-state index >= 15 is 0 Å². The van der Waals surface area contributed by atoms with E-state index in [9.17, 15) is 9.59 Å². The van der Waals surface area contributed by atoms with Crippen molar-refractivity contribution in [2.24, 2.45) is 0 Å². The van der Waals surface area contributed by atoms with Crippen LogP contribution in [-0.2, 0) is 4.74 Å². The molecule has 0 spiro atoms. The first kappa shape index (κ1) is 16.2. The fourth-order valence-corrected chi connectivity index (χ4v) is 2.08. The molecule has 0 atom stereocenters. The quantitative estimate of drug-likeness (QED) is 0.619. The van der Waals surface area contributed by atoms with Crippen LogP contribution in [0.25, 0.3) is 0 Å². The third kappa shape index (κ3) is 3.54. The summed E-state index contributed by atoms with van der Waals surface area (Å²) in [6.45, 7) is 5.08. The highest BCUT2D eigenvalue weighted by Crippen LogP contribution is 2.23. The molecule has 0 saturated carbocycles. The number of nitrogens with zero attached hydrogens (tertiary/aromatic N) is 1. The van der Waals surface area contributed by atoms with E-state index in [1.54, 1.807) is 31.2 Å². The first-order valence-corrected chi connectivity index (χ1v) is 7.20. The van der Waals surface area contributed by atoms with E-state index in [1.165, 1.54) is 0 Å². The molecule has 6 heteroatoms. The predicted octanol–water partition coefficient (Wildman–Crippen LogP) is 3.80. The van der Waals surface area contributed by atoms with Crippen LogP contribution >= 0.6 is 11.6 Å². The summed E-state index contributed by atoms with van der Waals surface area (Å²) in [6.07, 6.45) is 0. The number of carbonyl (C=O) groups excluding carboxylic acids is 2. The Morgan fingerprint density at radius 2 is 1.91 bits per heavy atom. The first-order valence-electron chi connectivity index (χ1n) is 6.82. The number of carbonyl (C=O) groups is 2. The summed E-state index contributed by atoms with van der Waals surface area (Å²) in [5.41, 5.74) is 1.18. The molecule has 2 aromatic rings. The number of hydrogen-bond donors (Lipinski definition) is 0. The second kappa shape index (κ2) is 6.75. The van der Waals surface area contributed by atoms with E-state index in [1.807, 2.05) is 13.8 Å². The summed E-state index contributed by atoms with van der Waals surface area (Å²) in [5, 5.41) is 4.32. The monoisotopic (exact) mass is 321 g/mol. The van der Waals surface area contributed by atoms with Crippen molar-refractivity contribution in [3.8, 4) is 0 Å². The Balaban J connectivity index is 2.05. The van der Waals surface area contributed by atoms with Crippen LogP contribution in [0.4, 0.5) is 0 Å². The third-order valence-corrected chi connectivity index (χ3v) is 3.37. The second-order valence-corrected chi connectivity index (χ2v) is 5.60. The molecule has 0 unspecified atom stereocenters. The van der Waals surface area contributed by atoms with Gasteiger partial charge in [-0.2, -0.15) is 0 Å². The molecule has 0 aliphatic carbocycles. The fourth-order valence-electron chi connectivity index (χ4n) is 1.95. The molecule has 0 aliphatic heterocycles. The van der Waals surface area contributed by atoms with Crippen LogP contribution in [0, 0.1) is 6.92 Å². The number of aromatic nitrogens is 1. The average molecular weight is 322 g/mol. The van der Waals surface area contributed by atoms with Crippen molar-refractivity contribution in [1.29, 1.82) is 0 Å². The summed E-state index contributed by atoms with van der Waals surface area (Å²) in [4.78, 5) is 24.1. The molecular formula is C16H16ClNO4. The molecule has 0 aliphatic rings. The number of esters is 1. The summed E-state index contributed by atoms with van der Waals surface area (Å²) in [5.74, 6) is -0.452. The summed E-state index contributed by atoms with van der Waals surface area (Å²) in [7, 11) is 0. The standard InChI is InChI=1S/C16H16ClNO4/c1-9(2)15-14(10(3)18-22-15)16(20)21-8-13(19)11-4-6-12(17)7-5-11/h4-7,9H,8H2,1-3H3. The van der Waals surface area contributed by atoms with E-state index in [2.05, 4.69) is 5.16 Å². The van der Waals surface area contributed by atoms with Crippen molar-refractivity contribution in [2.45, 2.75) is 26.7 Å². The van der Waals surface area contributed by atoms with Gasteiger partial charge in [-0.15, -0.1) is 0 Å². The van der Waals surface area contributed by atoms with Crippen LogP contribution in [0.1, 0.15) is 51.9 Å². The lowest BCUT2D eigenvalue weighted by atomic mass is 10.1. The molecule has 1 aromatic heterocycles. The van der Waals surface area contributed by atoms with Crippen LogP contribution in [0.15, 0.2) is 28.8 Å². The zero-order valence-corrected chi connectivity index (χ0v) is 13.3. The van der Waals surface area contributed by atoms with Gasteiger partial charge >= 0.3 is 5.97 Å². The van der Waals surface area contributed by atoms with Crippen LogP contribution in [0.5, 0.6) is 0 Å². The SMILES string of the molecule is Cc1noc(C(C)C)c1C(=O)OCC(=O)c1ccc(Cl)cc1. The van der Waals surface area contributed by atoms with Crippen molar-refractivity contribution in [2.75, 3.05) is 6.61 Å². The largest absolute Gasteiger partial charge is 0.454 e. The lowest BCUT2D eigenvalue weighted by Crippen LogP contribution is -2.15. The van der Waals surface area contributed by atoms with Gasteiger partial charge < -0.3 is 9.26 Å². The van der Waals surface area contributed by atoms with Crippen LogP contribution < -0.4 is 0 Å². The lowest BCUT2D eigenvalue weighted by molar-refractivity contribution is 0.0471. The summed E-state index contributed by atoms with van der Waals surface area (Å²) < 4.78 is 10.2. The number of ketones is 1. The molecule has 0 bridgehead atoms. The minimum Gasteiger partial charge on any atom is -0.454 e. The Morgan fingerprint density at radius 3 is 2.50 bits per heavy atom. The van der Waals surface area contributed by atoms with Gasteiger partial charge in [-0.05, 0) is 31.2 Å². The topological polar surface area (TPSA) is 69.4 Å². The molecule has 116 valence electrons. The molecule has 0 fully saturated rings. The molecule has 1 aromatic carbocycles. The lowest BCUT2D eigenvalue weighted by Gasteiger charge is -2.06. The minimum absolute atomic E-state index is 0.00397. The highest BCUT2D eigenvalue weighted by Gasteiger charge is 2.24. The number of Topliss-reactive ketones (excluding diaryl/α,β-unsaturated/α-hetero) is 1. The minimum atomic E-state index is -0.607. The van der Waals surface area contributed by atoms with Crippen LogP contribution in [-0.4, -0.2) is 23.5 Å².